The molecule has 110 valence electrons. The topological polar surface area (TPSA) is 55.9 Å². The molecule has 0 aromatic carbocycles. The highest BCUT2D eigenvalue weighted by Crippen LogP contribution is 2.22. The van der Waals surface area contributed by atoms with Crippen LogP contribution in [0.5, 0.6) is 0 Å². The van der Waals surface area contributed by atoms with Crippen molar-refractivity contribution >= 4 is 0 Å². The van der Waals surface area contributed by atoms with Crippen LogP contribution in [0.2, 0.25) is 0 Å². The molecule has 0 bridgehead atoms. The Morgan fingerprint density at radius 1 is 1.35 bits per heavy atom. The zero-order valence-electron chi connectivity index (χ0n) is 12.9. The van der Waals surface area contributed by atoms with Gasteiger partial charge in [0.15, 0.2) is 0 Å². The third-order valence-electron chi connectivity index (χ3n) is 3.53. The Bertz CT molecular complexity index is 524. The second kappa shape index (κ2) is 5.79. The number of hydrogen-bond donors (Lipinski definition) is 1. The molecule has 20 heavy (non-hydrogen) atoms. The third-order valence-corrected chi connectivity index (χ3v) is 3.53. The number of nitrogens with zero attached hydrogens (tertiary/aromatic N) is 3. The van der Waals surface area contributed by atoms with Crippen LogP contribution >= 0.6 is 0 Å². The second-order valence-electron chi connectivity index (χ2n) is 6.26. The van der Waals surface area contributed by atoms with Crippen LogP contribution in [0.3, 0.4) is 0 Å². The van der Waals surface area contributed by atoms with E-state index in [-0.39, 0.29) is 17.5 Å². The van der Waals surface area contributed by atoms with Gasteiger partial charge < -0.3 is 9.73 Å². The van der Waals surface area contributed by atoms with Gasteiger partial charge in [-0.05, 0) is 19.9 Å². The molecule has 0 fully saturated rings. The van der Waals surface area contributed by atoms with E-state index >= 15 is 0 Å². The van der Waals surface area contributed by atoms with Gasteiger partial charge in [-0.25, -0.2) is 4.98 Å². The van der Waals surface area contributed by atoms with Crippen molar-refractivity contribution in [1.82, 2.24) is 20.1 Å². The van der Waals surface area contributed by atoms with Crippen LogP contribution in [0.25, 0.3) is 0 Å². The van der Waals surface area contributed by atoms with E-state index in [0.717, 1.165) is 11.7 Å². The Hall–Kier alpha value is -1.62. The van der Waals surface area contributed by atoms with Gasteiger partial charge in [0.25, 0.3) is 0 Å². The van der Waals surface area contributed by atoms with Crippen molar-refractivity contribution in [2.24, 2.45) is 0 Å². The van der Waals surface area contributed by atoms with Gasteiger partial charge in [-0.2, -0.15) is 5.10 Å². The fourth-order valence-corrected chi connectivity index (χ4v) is 1.91. The summed E-state index contributed by atoms with van der Waals surface area (Å²) in [5, 5.41) is 7.70. The van der Waals surface area contributed by atoms with E-state index in [4.69, 9.17) is 4.42 Å². The first-order valence-corrected chi connectivity index (χ1v) is 7.05. The summed E-state index contributed by atoms with van der Waals surface area (Å²) in [4.78, 5) is 4.33. The Labute approximate surface area is 120 Å². The summed E-state index contributed by atoms with van der Waals surface area (Å²) in [6, 6.07) is 2.49. The maximum Gasteiger partial charge on any atom is 0.208 e. The Kier molecular flexibility index (Phi) is 4.28. The summed E-state index contributed by atoms with van der Waals surface area (Å²) in [7, 11) is 0. The van der Waals surface area contributed by atoms with E-state index in [1.54, 1.807) is 6.20 Å². The molecule has 0 aliphatic rings. The normalized spacial score (nSPS) is 15.2. The van der Waals surface area contributed by atoms with Gasteiger partial charge in [-0.1, -0.05) is 20.8 Å². The fraction of sp³-hybridized carbons (Fsp3) is 0.600. The molecule has 2 heterocycles. The fourth-order valence-electron chi connectivity index (χ4n) is 1.91. The van der Waals surface area contributed by atoms with Crippen molar-refractivity contribution in [2.45, 2.75) is 58.7 Å². The minimum absolute atomic E-state index is 0.000776. The highest BCUT2D eigenvalue weighted by Gasteiger charge is 2.20. The molecule has 0 aliphatic carbocycles. The monoisotopic (exact) mass is 276 g/mol. The van der Waals surface area contributed by atoms with E-state index in [2.05, 4.69) is 50.0 Å². The van der Waals surface area contributed by atoms with Crippen LogP contribution in [-0.4, -0.2) is 20.8 Å². The van der Waals surface area contributed by atoms with Crippen LogP contribution in [0.4, 0.5) is 0 Å². The quantitative estimate of drug-likeness (QED) is 0.912. The van der Waals surface area contributed by atoms with Crippen LogP contribution in [0.15, 0.2) is 29.1 Å². The lowest BCUT2D eigenvalue weighted by Gasteiger charge is -2.21. The molecular formula is C15H24N4O. The Morgan fingerprint density at radius 2 is 2.10 bits per heavy atom. The average Bonchev–Trinajstić information content (AvgIpc) is 3.04. The van der Waals surface area contributed by atoms with Crippen LogP contribution in [0, 0.1) is 0 Å². The zero-order chi connectivity index (χ0) is 14.8. The molecule has 0 amide bonds. The summed E-state index contributed by atoms with van der Waals surface area (Å²) >= 11 is 0. The number of rotatable bonds is 5. The number of hydrogen-bond acceptors (Lipinski definition) is 4. The predicted octanol–water partition coefficient (Wildman–Crippen LogP) is 2.91. The van der Waals surface area contributed by atoms with Crippen LogP contribution in [0.1, 0.15) is 52.3 Å². The Morgan fingerprint density at radius 3 is 2.65 bits per heavy atom. The van der Waals surface area contributed by atoms with Gasteiger partial charge in [0.1, 0.15) is 5.76 Å². The van der Waals surface area contributed by atoms with E-state index in [9.17, 15) is 0 Å². The summed E-state index contributed by atoms with van der Waals surface area (Å²) in [6.45, 7) is 11.3. The summed E-state index contributed by atoms with van der Waals surface area (Å²) in [5.41, 5.74) is -0.000776. The van der Waals surface area contributed by atoms with Gasteiger partial charge in [0, 0.05) is 23.9 Å². The van der Waals surface area contributed by atoms with Crippen molar-refractivity contribution in [3.63, 3.8) is 0 Å². The SMILES string of the molecule is C[C@H](NCc1ncc(C(C)(C)C)o1)[C@@H](C)n1cccn1. The maximum absolute atomic E-state index is 5.77. The third kappa shape index (κ3) is 3.48. The summed E-state index contributed by atoms with van der Waals surface area (Å²) < 4.78 is 7.73. The average molecular weight is 276 g/mol. The maximum atomic E-state index is 5.77. The van der Waals surface area contributed by atoms with Crippen molar-refractivity contribution in [1.29, 1.82) is 0 Å². The largest absolute Gasteiger partial charge is 0.444 e. The Balaban J connectivity index is 1.90. The van der Waals surface area contributed by atoms with E-state index < -0.39 is 0 Å². The lowest BCUT2D eigenvalue weighted by atomic mass is 9.94. The molecule has 0 radical (unpaired) electrons. The van der Waals surface area contributed by atoms with Crippen molar-refractivity contribution in [3.05, 3.63) is 36.3 Å². The molecule has 0 saturated heterocycles. The molecular weight excluding hydrogens is 252 g/mol. The lowest BCUT2D eigenvalue weighted by molar-refractivity contribution is 0.332. The molecule has 2 rings (SSSR count). The molecule has 2 atom stereocenters. The van der Waals surface area contributed by atoms with Gasteiger partial charge in [-0.3, -0.25) is 4.68 Å². The smallest absolute Gasteiger partial charge is 0.208 e. The first-order valence-electron chi connectivity index (χ1n) is 7.05. The molecule has 5 heteroatoms. The lowest BCUT2D eigenvalue weighted by Crippen LogP contribution is -2.33. The molecule has 2 aromatic heterocycles. The molecule has 1 N–H and O–H groups in total. The molecule has 2 aromatic rings. The van der Waals surface area contributed by atoms with Crippen LogP contribution < -0.4 is 5.32 Å². The highest BCUT2D eigenvalue weighted by atomic mass is 16.4. The standard InChI is InChI=1S/C15H24N4O/c1-11(12(2)19-8-6-7-18-19)16-10-14-17-9-13(20-14)15(3,4)5/h6-9,11-12,16H,10H2,1-5H3/t11-,12+/m0/s1. The van der Waals surface area contributed by atoms with E-state index in [1.165, 1.54) is 0 Å². The first-order chi connectivity index (χ1) is 9.38. The second-order valence-corrected chi connectivity index (χ2v) is 6.26. The predicted molar refractivity (Wildman–Crippen MR) is 78.4 cm³/mol. The minimum atomic E-state index is -0.000776. The molecule has 0 saturated carbocycles. The van der Waals surface area contributed by atoms with Crippen molar-refractivity contribution in [3.8, 4) is 0 Å². The van der Waals surface area contributed by atoms with E-state index in [0.29, 0.717) is 6.54 Å². The zero-order valence-corrected chi connectivity index (χ0v) is 12.9. The number of nitrogens with one attached hydrogen (secondary N) is 1. The molecule has 0 spiro atoms. The number of aromatic nitrogens is 3. The van der Waals surface area contributed by atoms with Gasteiger partial charge >= 0.3 is 0 Å². The summed E-state index contributed by atoms with van der Waals surface area (Å²) in [5.74, 6) is 1.65. The molecule has 5 nitrogen and oxygen atoms in total. The molecule has 0 aliphatic heterocycles. The number of oxazole rings is 1. The van der Waals surface area contributed by atoms with Gasteiger partial charge in [0.05, 0.1) is 18.8 Å². The minimum Gasteiger partial charge on any atom is -0.444 e. The first kappa shape index (κ1) is 14.8. The van der Waals surface area contributed by atoms with Crippen LogP contribution in [-0.2, 0) is 12.0 Å². The van der Waals surface area contributed by atoms with E-state index in [1.807, 2.05) is 23.1 Å². The van der Waals surface area contributed by atoms with Crippen molar-refractivity contribution < 1.29 is 4.42 Å². The highest BCUT2D eigenvalue weighted by molar-refractivity contribution is 5.06. The molecule has 0 unspecified atom stereocenters. The van der Waals surface area contributed by atoms with Crippen molar-refractivity contribution in [2.75, 3.05) is 0 Å². The summed E-state index contributed by atoms with van der Waals surface area (Å²) in [6.07, 6.45) is 5.59. The van der Waals surface area contributed by atoms with Gasteiger partial charge in [0.2, 0.25) is 5.89 Å². The van der Waals surface area contributed by atoms with Gasteiger partial charge in [-0.15, -0.1) is 0 Å².